The summed E-state index contributed by atoms with van der Waals surface area (Å²) in [5.41, 5.74) is 2.13. The molecule has 1 amide bonds. The number of amides is 1. The average molecular weight is 392 g/mol. The number of anilines is 3. The van der Waals surface area contributed by atoms with Gasteiger partial charge in [-0.05, 0) is 35.8 Å². The quantitative estimate of drug-likeness (QED) is 0.843. The molecular formula is C17H18ClN5O2S. The van der Waals surface area contributed by atoms with Crippen LogP contribution in [0.4, 0.5) is 16.4 Å². The van der Waals surface area contributed by atoms with E-state index >= 15 is 0 Å². The molecule has 0 atom stereocenters. The molecule has 2 aromatic rings. The smallest absolute Gasteiger partial charge is 0.243 e. The van der Waals surface area contributed by atoms with E-state index in [0.717, 1.165) is 49.2 Å². The number of likely N-dealkylation sites (N-methyl/N-ethyl adjacent to an activating group) is 1. The summed E-state index contributed by atoms with van der Waals surface area (Å²) in [6.45, 7) is 3.30. The van der Waals surface area contributed by atoms with Crippen LogP contribution in [-0.4, -0.2) is 50.2 Å². The fourth-order valence-electron chi connectivity index (χ4n) is 2.68. The van der Waals surface area contributed by atoms with E-state index < -0.39 is 0 Å². The Balaban J connectivity index is 1.58. The molecule has 1 aliphatic heterocycles. The van der Waals surface area contributed by atoms with Crippen LogP contribution in [0.15, 0.2) is 24.3 Å². The number of hydrogen-bond acceptors (Lipinski definition) is 7. The monoisotopic (exact) mass is 391 g/mol. The highest BCUT2D eigenvalue weighted by molar-refractivity contribution is 7.10. The van der Waals surface area contributed by atoms with E-state index in [9.17, 15) is 4.79 Å². The van der Waals surface area contributed by atoms with Crippen molar-refractivity contribution in [3.05, 3.63) is 35.0 Å². The van der Waals surface area contributed by atoms with Crippen LogP contribution in [0.3, 0.4) is 0 Å². The van der Waals surface area contributed by atoms with Gasteiger partial charge < -0.3 is 19.9 Å². The van der Waals surface area contributed by atoms with Crippen LogP contribution in [0, 0.1) is 11.3 Å². The second kappa shape index (κ2) is 8.36. The van der Waals surface area contributed by atoms with Crippen LogP contribution < -0.4 is 15.1 Å². The molecule has 26 heavy (non-hydrogen) atoms. The fourth-order valence-corrected chi connectivity index (χ4v) is 3.67. The first-order valence-electron chi connectivity index (χ1n) is 8.07. The molecule has 1 N–H and O–H groups in total. The van der Waals surface area contributed by atoms with Gasteiger partial charge in [-0.15, -0.1) is 0 Å². The molecule has 1 aliphatic rings. The van der Waals surface area contributed by atoms with Crippen LogP contribution in [0.2, 0.25) is 5.15 Å². The van der Waals surface area contributed by atoms with Gasteiger partial charge in [0, 0.05) is 31.5 Å². The normalized spacial score (nSPS) is 14.0. The zero-order valence-corrected chi connectivity index (χ0v) is 15.8. The topological polar surface area (TPSA) is 81.5 Å². The number of ether oxygens (including phenoxy) is 1. The molecule has 136 valence electrons. The summed E-state index contributed by atoms with van der Waals surface area (Å²) in [5, 5.41) is 12.7. The number of hydrogen-bond donors (Lipinski definition) is 1. The maximum Gasteiger partial charge on any atom is 0.243 e. The minimum absolute atomic E-state index is 0.0957. The summed E-state index contributed by atoms with van der Waals surface area (Å²) in [5.74, 6) is -0.181. The van der Waals surface area contributed by atoms with Gasteiger partial charge in [0.15, 0.2) is 5.15 Å². The Hall–Kier alpha value is -2.34. The maximum atomic E-state index is 12.3. The Morgan fingerprint density at radius 3 is 2.77 bits per heavy atom. The van der Waals surface area contributed by atoms with Gasteiger partial charge in [-0.2, -0.15) is 9.64 Å². The molecule has 3 rings (SSSR count). The lowest BCUT2D eigenvalue weighted by molar-refractivity contribution is -0.114. The third kappa shape index (κ3) is 4.25. The molecule has 0 radical (unpaired) electrons. The van der Waals surface area contributed by atoms with Crippen molar-refractivity contribution in [3.63, 3.8) is 0 Å². The number of nitriles is 1. The van der Waals surface area contributed by atoms with Crippen molar-refractivity contribution in [2.75, 3.05) is 55.0 Å². The summed E-state index contributed by atoms with van der Waals surface area (Å²) < 4.78 is 9.31. The Kier molecular flexibility index (Phi) is 5.93. The molecule has 1 fully saturated rings. The standard InChI is InChI=1S/C17H18ClN5O2S/c1-22(17-14(10-19)16(18)21-26-17)11-15(24)20-12-2-4-13(5-3-12)23-6-8-25-9-7-23/h2-5H,6-9,11H2,1H3,(H,20,24). The first kappa shape index (κ1) is 18.5. The van der Waals surface area contributed by atoms with Crippen LogP contribution in [0.1, 0.15) is 5.56 Å². The molecular weight excluding hydrogens is 374 g/mol. The third-order valence-corrected chi connectivity index (χ3v) is 5.34. The summed E-state index contributed by atoms with van der Waals surface area (Å²) in [6.07, 6.45) is 0. The summed E-state index contributed by atoms with van der Waals surface area (Å²) in [4.78, 5) is 16.2. The molecule has 0 spiro atoms. The number of nitrogens with zero attached hydrogens (tertiary/aromatic N) is 4. The van der Waals surface area contributed by atoms with Gasteiger partial charge in [-0.25, -0.2) is 0 Å². The van der Waals surface area contributed by atoms with Crippen LogP contribution in [0.25, 0.3) is 0 Å². The van der Waals surface area contributed by atoms with Crippen molar-refractivity contribution in [2.45, 2.75) is 0 Å². The first-order valence-corrected chi connectivity index (χ1v) is 9.22. The summed E-state index contributed by atoms with van der Waals surface area (Å²) in [6, 6.07) is 9.75. The third-order valence-electron chi connectivity index (χ3n) is 4.00. The Bertz CT molecular complexity index is 812. The predicted molar refractivity (Wildman–Crippen MR) is 103 cm³/mol. The maximum absolute atomic E-state index is 12.3. The van der Waals surface area contributed by atoms with Crippen molar-refractivity contribution in [2.24, 2.45) is 0 Å². The average Bonchev–Trinajstić information content (AvgIpc) is 3.03. The Morgan fingerprint density at radius 1 is 1.42 bits per heavy atom. The minimum Gasteiger partial charge on any atom is -0.378 e. The molecule has 0 unspecified atom stereocenters. The molecule has 7 nitrogen and oxygen atoms in total. The number of rotatable bonds is 5. The van der Waals surface area contributed by atoms with E-state index in [2.05, 4.69) is 14.6 Å². The number of carbonyl (C=O) groups excluding carboxylic acids is 1. The lowest BCUT2D eigenvalue weighted by Gasteiger charge is -2.28. The molecule has 0 bridgehead atoms. The van der Waals surface area contributed by atoms with Gasteiger partial charge in [-0.3, -0.25) is 4.79 Å². The van der Waals surface area contributed by atoms with Crippen molar-refractivity contribution < 1.29 is 9.53 Å². The second-order valence-electron chi connectivity index (χ2n) is 5.82. The molecule has 1 saturated heterocycles. The number of aromatic nitrogens is 1. The van der Waals surface area contributed by atoms with Crippen molar-refractivity contribution >= 4 is 45.4 Å². The predicted octanol–water partition coefficient (Wildman–Crippen LogP) is 2.58. The highest BCUT2D eigenvalue weighted by Crippen LogP contribution is 2.30. The van der Waals surface area contributed by atoms with E-state index in [0.29, 0.717) is 10.6 Å². The zero-order valence-electron chi connectivity index (χ0n) is 14.2. The Labute approximate surface area is 160 Å². The van der Waals surface area contributed by atoms with Gasteiger partial charge in [0.05, 0.1) is 19.8 Å². The number of benzene rings is 1. The molecule has 1 aromatic carbocycles. The molecule has 1 aromatic heterocycles. The zero-order chi connectivity index (χ0) is 18.5. The lowest BCUT2D eigenvalue weighted by atomic mass is 10.2. The summed E-state index contributed by atoms with van der Waals surface area (Å²) in [7, 11) is 1.73. The first-order chi connectivity index (χ1) is 12.6. The van der Waals surface area contributed by atoms with E-state index in [1.807, 2.05) is 30.3 Å². The van der Waals surface area contributed by atoms with Crippen LogP contribution in [-0.2, 0) is 9.53 Å². The minimum atomic E-state index is -0.181. The van der Waals surface area contributed by atoms with Crippen molar-refractivity contribution in [3.8, 4) is 6.07 Å². The molecule has 9 heteroatoms. The van der Waals surface area contributed by atoms with Crippen LogP contribution in [0.5, 0.6) is 0 Å². The van der Waals surface area contributed by atoms with Gasteiger partial charge in [-0.1, -0.05) is 11.6 Å². The molecule has 2 heterocycles. The number of morpholine rings is 1. The number of nitrogens with one attached hydrogen (secondary N) is 1. The van der Waals surface area contributed by atoms with E-state index in [-0.39, 0.29) is 17.6 Å². The van der Waals surface area contributed by atoms with Crippen molar-refractivity contribution in [1.29, 1.82) is 5.26 Å². The number of halogens is 1. The summed E-state index contributed by atoms with van der Waals surface area (Å²) >= 11 is 6.97. The lowest BCUT2D eigenvalue weighted by Crippen LogP contribution is -2.36. The second-order valence-corrected chi connectivity index (χ2v) is 6.93. The van der Waals surface area contributed by atoms with Gasteiger partial charge in [0.2, 0.25) is 5.91 Å². The Morgan fingerprint density at radius 2 is 2.12 bits per heavy atom. The van der Waals surface area contributed by atoms with Gasteiger partial charge in [0.25, 0.3) is 0 Å². The van der Waals surface area contributed by atoms with Gasteiger partial charge in [0.1, 0.15) is 16.6 Å². The highest BCUT2D eigenvalue weighted by Gasteiger charge is 2.18. The largest absolute Gasteiger partial charge is 0.378 e. The molecule has 0 saturated carbocycles. The van der Waals surface area contributed by atoms with E-state index in [1.54, 1.807) is 11.9 Å². The molecule has 0 aliphatic carbocycles. The van der Waals surface area contributed by atoms with E-state index in [4.69, 9.17) is 21.6 Å². The van der Waals surface area contributed by atoms with Crippen LogP contribution >= 0.6 is 23.1 Å². The van der Waals surface area contributed by atoms with E-state index in [1.165, 1.54) is 0 Å². The number of carbonyl (C=O) groups is 1. The van der Waals surface area contributed by atoms with Crippen molar-refractivity contribution in [1.82, 2.24) is 4.37 Å². The fraction of sp³-hybridized carbons (Fsp3) is 0.353. The highest BCUT2D eigenvalue weighted by atomic mass is 35.5. The SMILES string of the molecule is CN(CC(=O)Nc1ccc(N2CCOCC2)cc1)c1snc(Cl)c1C#N. The van der Waals surface area contributed by atoms with Gasteiger partial charge >= 0.3 is 0 Å².